The van der Waals surface area contributed by atoms with Gasteiger partial charge in [-0.1, -0.05) is 0 Å². The molecule has 0 saturated carbocycles. The minimum absolute atomic E-state index is 0.106. The van der Waals surface area contributed by atoms with Gasteiger partial charge in [0.05, 0.1) is 4.90 Å². The average Bonchev–Trinajstić information content (AvgIpc) is 2.37. The maximum absolute atomic E-state index is 13.0. The zero-order valence-electron chi connectivity index (χ0n) is 10.8. The highest BCUT2D eigenvalue weighted by atomic mass is 32.2. The summed E-state index contributed by atoms with van der Waals surface area (Å²) in [4.78, 5) is 0.155. The van der Waals surface area contributed by atoms with Gasteiger partial charge in [0.1, 0.15) is 18.2 Å². The highest BCUT2D eigenvalue weighted by Gasteiger charge is 2.16. The minimum atomic E-state index is -3.46. The zero-order valence-corrected chi connectivity index (χ0v) is 11.7. The third-order valence-corrected chi connectivity index (χ3v) is 4.15. The van der Waals surface area contributed by atoms with Crippen LogP contribution in [0.1, 0.15) is 0 Å². The van der Waals surface area contributed by atoms with Gasteiger partial charge in [0, 0.05) is 20.6 Å². The van der Waals surface area contributed by atoms with Gasteiger partial charge in [-0.3, -0.25) is 0 Å². The summed E-state index contributed by atoms with van der Waals surface area (Å²) in [5.41, 5.74) is 5.15. The van der Waals surface area contributed by atoms with Crippen LogP contribution in [0.5, 0.6) is 5.75 Å². The summed E-state index contributed by atoms with van der Waals surface area (Å²) in [6.45, 7) is -0.119. The van der Waals surface area contributed by atoms with Gasteiger partial charge in [-0.05, 0) is 30.3 Å². The number of nitrogens with zero attached hydrogens (tertiary/aromatic N) is 1. The fourth-order valence-corrected chi connectivity index (χ4v) is 2.16. The Morgan fingerprint density at radius 3 is 2.42 bits per heavy atom. The van der Waals surface area contributed by atoms with Crippen molar-refractivity contribution in [3.05, 3.63) is 36.2 Å². The predicted molar refractivity (Wildman–Crippen MR) is 71.1 cm³/mol. The van der Waals surface area contributed by atoms with E-state index in [1.807, 2.05) is 0 Å². The van der Waals surface area contributed by atoms with E-state index >= 15 is 0 Å². The molecule has 0 aliphatic carbocycles. The molecule has 1 rings (SSSR count). The number of hydrogen-bond donors (Lipinski definition) is 1. The summed E-state index contributed by atoms with van der Waals surface area (Å²) in [7, 11) is -0.556. The summed E-state index contributed by atoms with van der Waals surface area (Å²) in [5.74, 6) is -0.0780. The van der Waals surface area contributed by atoms with Crippen LogP contribution in [0.15, 0.2) is 41.1 Å². The second-order valence-corrected chi connectivity index (χ2v) is 6.09. The van der Waals surface area contributed by atoms with Crippen LogP contribution in [0, 0.1) is 0 Å². The van der Waals surface area contributed by atoms with Crippen LogP contribution in [0.25, 0.3) is 0 Å². The monoisotopic (exact) mass is 288 g/mol. The van der Waals surface area contributed by atoms with Crippen molar-refractivity contribution in [2.75, 3.05) is 27.2 Å². The lowest BCUT2D eigenvalue weighted by atomic mass is 10.3. The topological polar surface area (TPSA) is 72.6 Å². The molecular weight excluding hydrogens is 271 g/mol. The van der Waals surface area contributed by atoms with Crippen molar-refractivity contribution < 1.29 is 17.5 Å². The standard InChI is InChI=1S/C12H17FN2O3S/c1-15(2)19(16,17)12-5-3-11(4-6-12)18-9-10(13)7-8-14/h3-7H,8-9,14H2,1-2H3. The normalized spacial score (nSPS) is 12.8. The van der Waals surface area contributed by atoms with Crippen molar-refractivity contribution in [1.29, 1.82) is 0 Å². The Morgan fingerprint density at radius 2 is 1.95 bits per heavy atom. The Morgan fingerprint density at radius 1 is 1.37 bits per heavy atom. The first-order valence-electron chi connectivity index (χ1n) is 5.58. The van der Waals surface area contributed by atoms with Crippen LogP contribution in [0.2, 0.25) is 0 Å². The van der Waals surface area contributed by atoms with E-state index in [-0.39, 0.29) is 18.0 Å². The van der Waals surface area contributed by atoms with Crippen molar-refractivity contribution in [3.63, 3.8) is 0 Å². The van der Waals surface area contributed by atoms with Crippen molar-refractivity contribution >= 4 is 10.0 Å². The molecule has 0 spiro atoms. The van der Waals surface area contributed by atoms with Gasteiger partial charge >= 0.3 is 0 Å². The summed E-state index contributed by atoms with van der Waals surface area (Å²) >= 11 is 0. The van der Waals surface area contributed by atoms with Gasteiger partial charge in [-0.2, -0.15) is 0 Å². The number of benzene rings is 1. The van der Waals surface area contributed by atoms with E-state index in [9.17, 15) is 12.8 Å². The van der Waals surface area contributed by atoms with Crippen molar-refractivity contribution in [3.8, 4) is 5.75 Å². The molecule has 0 heterocycles. The number of sulfonamides is 1. The summed E-state index contributed by atoms with van der Waals surface area (Å²) in [6.07, 6.45) is 1.21. The molecule has 0 aromatic heterocycles. The third kappa shape index (κ3) is 4.30. The molecule has 106 valence electrons. The molecule has 0 atom stereocenters. The first-order chi connectivity index (χ1) is 8.87. The predicted octanol–water partition coefficient (Wildman–Crippen LogP) is 1.13. The minimum Gasteiger partial charge on any atom is -0.487 e. The molecule has 0 saturated heterocycles. The zero-order chi connectivity index (χ0) is 14.5. The van der Waals surface area contributed by atoms with E-state index in [4.69, 9.17) is 10.5 Å². The molecule has 0 radical (unpaired) electrons. The number of hydrogen-bond acceptors (Lipinski definition) is 4. The van der Waals surface area contributed by atoms with E-state index in [0.717, 1.165) is 4.31 Å². The Hall–Kier alpha value is -1.44. The molecule has 1 aromatic rings. The van der Waals surface area contributed by atoms with E-state index in [1.165, 1.54) is 44.4 Å². The SMILES string of the molecule is CN(C)S(=O)(=O)c1ccc(OCC(F)=CCN)cc1. The van der Waals surface area contributed by atoms with E-state index in [0.29, 0.717) is 5.75 Å². The van der Waals surface area contributed by atoms with Crippen LogP contribution in [0.4, 0.5) is 4.39 Å². The number of halogens is 1. The third-order valence-electron chi connectivity index (χ3n) is 2.32. The maximum Gasteiger partial charge on any atom is 0.242 e. The summed E-state index contributed by atoms with van der Waals surface area (Å²) < 4.78 is 42.9. The fourth-order valence-electron chi connectivity index (χ4n) is 1.26. The summed E-state index contributed by atoms with van der Waals surface area (Å²) in [6, 6.07) is 5.78. The molecule has 19 heavy (non-hydrogen) atoms. The van der Waals surface area contributed by atoms with Crippen molar-refractivity contribution in [1.82, 2.24) is 4.31 Å². The van der Waals surface area contributed by atoms with Crippen LogP contribution in [-0.4, -0.2) is 40.0 Å². The van der Waals surface area contributed by atoms with Crippen LogP contribution >= 0.6 is 0 Å². The lowest BCUT2D eigenvalue weighted by molar-refractivity contribution is 0.318. The number of ether oxygens (including phenoxy) is 1. The van der Waals surface area contributed by atoms with E-state index < -0.39 is 15.9 Å². The lowest BCUT2D eigenvalue weighted by Gasteiger charge is -2.11. The van der Waals surface area contributed by atoms with Crippen LogP contribution in [0.3, 0.4) is 0 Å². The maximum atomic E-state index is 13.0. The smallest absolute Gasteiger partial charge is 0.242 e. The second-order valence-electron chi connectivity index (χ2n) is 3.93. The Bertz CT molecular complexity index is 539. The van der Waals surface area contributed by atoms with Gasteiger partial charge in [0.25, 0.3) is 0 Å². The molecule has 2 N–H and O–H groups in total. The molecule has 0 aliphatic rings. The molecule has 0 unspecified atom stereocenters. The molecule has 5 nitrogen and oxygen atoms in total. The highest BCUT2D eigenvalue weighted by molar-refractivity contribution is 7.89. The average molecular weight is 288 g/mol. The first kappa shape index (κ1) is 15.6. The Balaban J connectivity index is 2.75. The second kappa shape index (κ2) is 6.65. The number of rotatable bonds is 6. The Kier molecular flexibility index (Phi) is 5.46. The van der Waals surface area contributed by atoms with E-state index in [1.54, 1.807) is 0 Å². The van der Waals surface area contributed by atoms with Gasteiger partial charge in [-0.25, -0.2) is 17.1 Å². The number of nitrogens with two attached hydrogens (primary N) is 1. The molecule has 0 aliphatic heterocycles. The van der Waals surface area contributed by atoms with Gasteiger partial charge in [0.2, 0.25) is 10.0 Å². The molecule has 1 aromatic carbocycles. The molecule has 0 fully saturated rings. The van der Waals surface area contributed by atoms with Crippen LogP contribution < -0.4 is 10.5 Å². The van der Waals surface area contributed by atoms with E-state index in [2.05, 4.69) is 0 Å². The van der Waals surface area contributed by atoms with Crippen molar-refractivity contribution in [2.24, 2.45) is 5.73 Å². The highest BCUT2D eigenvalue weighted by Crippen LogP contribution is 2.18. The van der Waals surface area contributed by atoms with Gasteiger partial charge in [0.15, 0.2) is 0 Å². The van der Waals surface area contributed by atoms with Crippen LogP contribution in [-0.2, 0) is 10.0 Å². The van der Waals surface area contributed by atoms with Gasteiger partial charge in [-0.15, -0.1) is 0 Å². The molecule has 7 heteroatoms. The van der Waals surface area contributed by atoms with Gasteiger partial charge < -0.3 is 10.5 Å². The molecule has 0 bridgehead atoms. The largest absolute Gasteiger partial charge is 0.487 e. The van der Waals surface area contributed by atoms with Crippen molar-refractivity contribution in [2.45, 2.75) is 4.90 Å². The quantitative estimate of drug-likeness (QED) is 0.851. The lowest BCUT2D eigenvalue weighted by Crippen LogP contribution is -2.22. The fraction of sp³-hybridized carbons (Fsp3) is 0.333. The summed E-state index contributed by atoms with van der Waals surface area (Å²) in [5, 5.41) is 0. The molecular formula is C12H17FN2O3S. The first-order valence-corrected chi connectivity index (χ1v) is 7.02. The molecule has 0 amide bonds. The Labute approximate surface area is 112 Å².